The van der Waals surface area contributed by atoms with Crippen molar-refractivity contribution in [2.24, 2.45) is 11.8 Å². The molecule has 2 aliphatic carbocycles. The van der Waals surface area contributed by atoms with E-state index in [1.165, 1.54) is 54.4 Å². The quantitative estimate of drug-likeness (QED) is 0.204. The van der Waals surface area contributed by atoms with Gasteiger partial charge in [-0.25, -0.2) is 9.59 Å². The lowest BCUT2D eigenvalue weighted by Crippen LogP contribution is -2.39. The normalized spacial score (nSPS) is 23.3. The number of carbonyl (C=O) groups excluding carboxylic acids is 2. The largest absolute Gasteiger partial charge is 0.445 e. The number of amides is 2. The maximum Gasteiger partial charge on any atom is 0.407 e. The van der Waals surface area contributed by atoms with E-state index < -0.39 is 0 Å². The van der Waals surface area contributed by atoms with Crippen LogP contribution in [0, 0.1) is 11.8 Å². The molecule has 2 N–H and O–H groups in total. The topological polar surface area (TPSA) is 76.7 Å². The lowest BCUT2D eigenvalue weighted by atomic mass is 9.76. The fraction of sp³-hybridized carbons (Fsp3) is 0.714. The summed E-state index contributed by atoms with van der Waals surface area (Å²) in [5.41, 5.74) is 5.18. The molecule has 232 valence electrons. The summed E-state index contributed by atoms with van der Waals surface area (Å²) >= 11 is 0. The number of hydrogen-bond acceptors (Lipinski definition) is 4. The molecular weight excluding hydrogens is 512 g/mol. The molecule has 41 heavy (non-hydrogen) atoms. The van der Waals surface area contributed by atoms with Crippen molar-refractivity contribution in [2.75, 3.05) is 13.2 Å². The highest BCUT2D eigenvalue weighted by Crippen LogP contribution is 2.35. The molecule has 0 radical (unpaired) electrons. The monoisotopic (exact) mass is 570 g/mol. The van der Waals surface area contributed by atoms with Crippen LogP contribution in [0.25, 0.3) is 0 Å². The third-order valence-corrected chi connectivity index (χ3v) is 8.48. The number of rotatable bonds is 14. The number of carbonyl (C=O) groups is 2. The molecule has 0 unspecified atom stereocenters. The molecule has 0 bridgehead atoms. The molecule has 2 amide bonds. The van der Waals surface area contributed by atoms with E-state index in [1.807, 2.05) is 12.2 Å². The van der Waals surface area contributed by atoms with Gasteiger partial charge in [0.1, 0.15) is 13.2 Å². The summed E-state index contributed by atoms with van der Waals surface area (Å²) in [5, 5.41) is 6.15. The predicted octanol–water partition coefficient (Wildman–Crippen LogP) is 9.33. The average Bonchev–Trinajstić information content (AvgIpc) is 2.90. The standard InChI is InChI=1S/C35H58N2O4/c1-26(2)9-7-11-28(5)21-23-40-34(38)36-32-17-13-30(14-18-32)25-31-15-19-33(20-16-31)37-35(39)41-24-22-29(6)12-8-10-27(3)4/h9-10,21-22,30-33H,7-8,11-20,23-25H2,1-6H3,(H,36,38)(H,37,39). The average molecular weight is 571 g/mol. The molecule has 0 spiro atoms. The maximum absolute atomic E-state index is 12.2. The summed E-state index contributed by atoms with van der Waals surface area (Å²) in [7, 11) is 0. The minimum absolute atomic E-state index is 0.225. The van der Waals surface area contributed by atoms with Crippen LogP contribution in [0.5, 0.6) is 0 Å². The molecule has 2 rings (SSSR count). The number of ether oxygens (including phenoxy) is 2. The van der Waals surface area contributed by atoms with Crippen LogP contribution in [0.4, 0.5) is 9.59 Å². The molecule has 6 heteroatoms. The van der Waals surface area contributed by atoms with Crippen LogP contribution >= 0.6 is 0 Å². The molecule has 0 aromatic rings. The van der Waals surface area contributed by atoms with E-state index in [-0.39, 0.29) is 24.3 Å². The number of hydrogen-bond donors (Lipinski definition) is 2. The smallest absolute Gasteiger partial charge is 0.407 e. The van der Waals surface area contributed by atoms with Crippen LogP contribution in [0.2, 0.25) is 0 Å². The lowest BCUT2D eigenvalue weighted by molar-refractivity contribution is 0.142. The van der Waals surface area contributed by atoms with Crippen molar-refractivity contribution in [3.8, 4) is 0 Å². The van der Waals surface area contributed by atoms with Gasteiger partial charge in [-0.2, -0.15) is 0 Å². The molecule has 2 fully saturated rings. The van der Waals surface area contributed by atoms with Gasteiger partial charge in [-0.15, -0.1) is 0 Å². The highest BCUT2D eigenvalue weighted by atomic mass is 16.6. The van der Waals surface area contributed by atoms with E-state index in [4.69, 9.17) is 9.47 Å². The van der Waals surface area contributed by atoms with Crippen molar-refractivity contribution in [3.63, 3.8) is 0 Å². The van der Waals surface area contributed by atoms with Crippen molar-refractivity contribution >= 4 is 12.2 Å². The zero-order valence-electron chi connectivity index (χ0n) is 26.9. The Morgan fingerprint density at radius 3 is 1.29 bits per heavy atom. The van der Waals surface area contributed by atoms with Gasteiger partial charge in [0.05, 0.1) is 0 Å². The summed E-state index contributed by atoms with van der Waals surface area (Å²) in [6, 6.07) is 0.451. The van der Waals surface area contributed by atoms with Crippen molar-refractivity contribution < 1.29 is 19.1 Å². The Labute approximate surface area is 250 Å². The van der Waals surface area contributed by atoms with Gasteiger partial charge < -0.3 is 20.1 Å². The molecule has 2 aliphatic rings. The van der Waals surface area contributed by atoms with Gasteiger partial charge >= 0.3 is 12.2 Å². The summed E-state index contributed by atoms with van der Waals surface area (Å²) in [6.45, 7) is 13.3. The molecule has 0 aromatic heterocycles. The Balaban J connectivity index is 1.54. The Kier molecular flexibility index (Phi) is 16.6. The SMILES string of the molecule is CC(C)=CCCC(C)=CCOC(=O)NC1CCC(CC2CCC(NC(=O)OCC=C(C)CCC=C(C)C)CC2)CC1. The van der Waals surface area contributed by atoms with E-state index in [0.29, 0.717) is 13.2 Å². The molecule has 0 aromatic carbocycles. The highest BCUT2D eigenvalue weighted by Gasteiger charge is 2.28. The van der Waals surface area contributed by atoms with Crippen LogP contribution in [0.15, 0.2) is 46.6 Å². The van der Waals surface area contributed by atoms with Crippen LogP contribution in [0.1, 0.15) is 125 Å². The summed E-state index contributed by atoms with van der Waals surface area (Å²) < 4.78 is 10.8. The van der Waals surface area contributed by atoms with Crippen LogP contribution in [0.3, 0.4) is 0 Å². The van der Waals surface area contributed by atoms with E-state index in [2.05, 4.69) is 64.3 Å². The minimum atomic E-state index is -0.295. The maximum atomic E-state index is 12.2. The molecular formula is C35H58N2O4. The Morgan fingerprint density at radius 1 is 0.585 bits per heavy atom. The van der Waals surface area contributed by atoms with Crippen LogP contribution < -0.4 is 10.6 Å². The third-order valence-electron chi connectivity index (χ3n) is 8.48. The lowest BCUT2D eigenvalue weighted by Gasteiger charge is -2.34. The van der Waals surface area contributed by atoms with Crippen LogP contribution in [-0.4, -0.2) is 37.5 Å². The van der Waals surface area contributed by atoms with Gasteiger partial charge in [-0.1, -0.05) is 34.4 Å². The molecule has 0 aliphatic heterocycles. The highest BCUT2D eigenvalue weighted by molar-refractivity contribution is 5.68. The molecule has 0 atom stereocenters. The van der Waals surface area contributed by atoms with Gasteiger partial charge in [0.2, 0.25) is 0 Å². The first-order valence-electron chi connectivity index (χ1n) is 16.0. The van der Waals surface area contributed by atoms with E-state index in [1.54, 1.807) is 0 Å². The fourth-order valence-corrected chi connectivity index (χ4v) is 5.87. The second kappa shape index (κ2) is 19.6. The first-order chi connectivity index (χ1) is 19.6. The Hall–Kier alpha value is -2.50. The molecule has 2 saturated carbocycles. The Bertz CT molecular complexity index is 834. The number of nitrogens with one attached hydrogen (secondary N) is 2. The van der Waals surface area contributed by atoms with Gasteiger partial charge in [-0.3, -0.25) is 0 Å². The second-order valence-electron chi connectivity index (χ2n) is 12.9. The zero-order valence-corrected chi connectivity index (χ0v) is 26.9. The van der Waals surface area contributed by atoms with Gasteiger partial charge in [-0.05, 0) is 149 Å². The van der Waals surface area contributed by atoms with Crippen molar-refractivity contribution in [2.45, 2.75) is 137 Å². The predicted molar refractivity (Wildman–Crippen MR) is 170 cm³/mol. The van der Waals surface area contributed by atoms with Crippen molar-refractivity contribution in [3.05, 3.63) is 46.6 Å². The van der Waals surface area contributed by atoms with Gasteiger partial charge in [0.15, 0.2) is 0 Å². The van der Waals surface area contributed by atoms with Crippen molar-refractivity contribution in [1.82, 2.24) is 10.6 Å². The van der Waals surface area contributed by atoms with Gasteiger partial charge in [0, 0.05) is 12.1 Å². The molecule has 6 nitrogen and oxygen atoms in total. The first kappa shape index (κ1) is 34.7. The fourth-order valence-electron chi connectivity index (χ4n) is 5.87. The van der Waals surface area contributed by atoms with Crippen LogP contribution in [-0.2, 0) is 9.47 Å². The number of allylic oxidation sites excluding steroid dienone is 6. The molecule has 0 saturated heterocycles. The van der Waals surface area contributed by atoms with Gasteiger partial charge in [0.25, 0.3) is 0 Å². The Morgan fingerprint density at radius 2 is 0.951 bits per heavy atom. The summed E-state index contributed by atoms with van der Waals surface area (Å²) in [4.78, 5) is 24.5. The van der Waals surface area contributed by atoms with E-state index >= 15 is 0 Å². The van der Waals surface area contributed by atoms with E-state index in [0.717, 1.165) is 63.2 Å². The third kappa shape index (κ3) is 16.5. The van der Waals surface area contributed by atoms with E-state index in [9.17, 15) is 9.59 Å². The number of alkyl carbamates (subject to hydrolysis) is 2. The van der Waals surface area contributed by atoms with Crippen molar-refractivity contribution in [1.29, 1.82) is 0 Å². The second-order valence-corrected chi connectivity index (χ2v) is 12.9. The summed E-state index contributed by atoms with van der Waals surface area (Å²) in [5.74, 6) is 1.48. The minimum Gasteiger partial charge on any atom is -0.445 e. The summed E-state index contributed by atoms with van der Waals surface area (Å²) in [6.07, 6.45) is 22.0. The first-order valence-corrected chi connectivity index (χ1v) is 16.0. The zero-order chi connectivity index (χ0) is 30.0. The molecule has 0 heterocycles.